The van der Waals surface area contributed by atoms with Crippen LogP contribution >= 0.6 is 0 Å². The number of nitrogen functional groups attached to an aromatic ring is 1. The van der Waals surface area contributed by atoms with Crippen LogP contribution in [0.5, 0.6) is 11.5 Å². The highest BCUT2D eigenvalue weighted by molar-refractivity contribution is 5.98. The van der Waals surface area contributed by atoms with Crippen molar-refractivity contribution in [2.24, 2.45) is 0 Å². The molecule has 0 radical (unpaired) electrons. The van der Waals surface area contributed by atoms with Crippen LogP contribution in [0.3, 0.4) is 0 Å². The molecule has 0 spiro atoms. The highest BCUT2D eigenvalue weighted by Crippen LogP contribution is 2.39. The number of aromatic nitrogens is 2. The normalized spacial score (nSPS) is 12.8. The van der Waals surface area contributed by atoms with Crippen LogP contribution in [-0.4, -0.2) is 17.0 Å². The fourth-order valence-electron chi connectivity index (χ4n) is 2.67. The Morgan fingerprint density at radius 2 is 1.68 bits per heavy atom. The molecule has 0 saturated carbocycles. The number of fused-ring (bicyclic) bond motifs is 2. The number of anilines is 1. The molecule has 2 N–H and O–H groups in total. The monoisotopic (exact) mass is 293 g/mol. The molecule has 1 aromatic heterocycles. The van der Waals surface area contributed by atoms with E-state index in [1.165, 1.54) is 0 Å². The van der Waals surface area contributed by atoms with Crippen LogP contribution in [0, 0.1) is 13.8 Å². The second-order valence-electron chi connectivity index (χ2n) is 5.46. The number of aryl methyl sites for hydroxylation is 2. The summed E-state index contributed by atoms with van der Waals surface area (Å²) in [5.41, 5.74) is 10.4. The average molecular weight is 293 g/mol. The minimum absolute atomic E-state index is 0.248. The summed E-state index contributed by atoms with van der Waals surface area (Å²) < 4.78 is 10.9. The Kier molecular flexibility index (Phi) is 2.69. The van der Waals surface area contributed by atoms with Gasteiger partial charge in [-0.1, -0.05) is 12.1 Å². The Bertz CT molecular complexity index is 906. The third-order valence-electron chi connectivity index (χ3n) is 4.01. The predicted molar refractivity (Wildman–Crippen MR) is 85.0 cm³/mol. The predicted octanol–water partition coefficient (Wildman–Crippen LogP) is 3.22. The van der Waals surface area contributed by atoms with Gasteiger partial charge in [0.15, 0.2) is 11.5 Å². The van der Waals surface area contributed by atoms with E-state index in [9.17, 15) is 0 Å². The lowest BCUT2D eigenvalue weighted by Gasteiger charge is -2.10. The Morgan fingerprint density at radius 3 is 2.41 bits per heavy atom. The molecule has 0 fully saturated rings. The molecule has 0 aliphatic carbocycles. The maximum atomic E-state index is 6.03. The Morgan fingerprint density at radius 1 is 0.955 bits per heavy atom. The van der Waals surface area contributed by atoms with E-state index in [1.54, 1.807) is 0 Å². The van der Waals surface area contributed by atoms with Gasteiger partial charge >= 0.3 is 0 Å². The van der Waals surface area contributed by atoms with Gasteiger partial charge in [-0.05, 0) is 37.6 Å². The molecule has 2 heterocycles. The van der Waals surface area contributed by atoms with Gasteiger partial charge in [0.1, 0.15) is 5.69 Å². The minimum atomic E-state index is 0.248. The van der Waals surface area contributed by atoms with E-state index >= 15 is 0 Å². The maximum absolute atomic E-state index is 6.03. The molecule has 5 heteroatoms. The van der Waals surface area contributed by atoms with Gasteiger partial charge in [0.25, 0.3) is 0 Å². The highest BCUT2D eigenvalue weighted by atomic mass is 16.7. The van der Waals surface area contributed by atoms with Gasteiger partial charge in [-0.2, -0.15) is 5.10 Å². The van der Waals surface area contributed by atoms with Crippen molar-refractivity contribution in [1.82, 2.24) is 10.2 Å². The Labute approximate surface area is 127 Å². The van der Waals surface area contributed by atoms with E-state index < -0.39 is 0 Å². The number of nitrogens with two attached hydrogens (primary N) is 1. The Balaban J connectivity index is 2.01. The molecular weight excluding hydrogens is 278 g/mol. The van der Waals surface area contributed by atoms with Gasteiger partial charge in [-0.25, -0.2) is 0 Å². The van der Waals surface area contributed by atoms with E-state index in [-0.39, 0.29) is 6.79 Å². The summed E-state index contributed by atoms with van der Waals surface area (Å²) in [6, 6.07) is 9.85. The summed E-state index contributed by atoms with van der Waals surface area (Å²) in [5.74, 6) is 1.49. The highest BCUT2D eigenvalue weighted by Gasteiger charge is 2.18. The number of ether oxygens (including phenoxy) is 2. The third-order valence-corrected chi connectivity index (χ3v) is 4.01. The van der Waals surface area contributed by atoms with Crippen LogP contribution in [-0.2, 0) is 0 Å². The molecular formula is C17H15N3O2. The number of nitrogens with zero attached hydrogens (tertiary/aromatic N) is 2. The van der Waals surface area contributed by atoms with Gasteiger partial charge in [-0.15, -0.1) is 5.10 Å². The van der Waals surface area contributed by atoms with Crippen molar-refractivity contribution in [3.8, 4) is 22.8 Å². The molecule has 1 aliphatic heterocycles. The summed E-state index contributed by atoms with van der Waals surface area (Å²) in [6.45, 7) is 4.17. The first-order chi connectivity index (χ1) is 10.6. The van der Waals surface area contributed by atoms with Gasteiger partial charge in [0.2, 0.25) is 6.79 Å². The summed E-state index contributed by atoms with van der Waals surface area (Å²) >= 11 is 0. The van der Waals surface area contributed by atoms with E-state index in [4.69, 9.17) is 15.2 Å². The van der Waals surface area contributed by atoms with Crippen LogP contribution in [0.4, 0.5) is 5.69 Å². The molecule has 2 aromatic carbocycles. The number of benzene rings is 2. The van der Waals surface area contributed by atoms with Crippen molar-refractivity contribution in [3.63, 3.8) is 0 Å². The van der Waals surface area contributed by atoms with Crippen LogP contribution in [0.2, 0.25) is 0 Å². The second kappa shape index (κ2) is 4.59. The minimum Gasteiger partial charge on any atom is -0.454 e. The van der Waals surface area contributed by atoms with Gasteiger partial charge < -0.3 is 15.2 Å². The maximum Gasteiger partial charge on any atom is 0.231 e. The van der Waals surface area contributed by atoms with Crippen LogP contribution < -0.4 is 15.2 Å². The first kappa shape index (κ1) is 12.9. The number of hydrogen-bond acceptors (Lipinski definition) is 5. The third kappa shape index (κ3) is 1.86. The first-order valence-electron chi connectivity index (χ1n) is 7.06. The topological polar surface area (TPSA) is 70.3 Å². The van der Waals surface area contributed by atoms with Crippen molar-refractivity contribution in [3.05, 3.63) is 41.6 Å². The molecule has 4 rings (SSSR count). The van der Waals surface area contributed by atoms with Crippen LogP contribution in [0.25, 0.3) is 22.0 Å². The molecule has 1 aliphatic rings. The zero-order valence-electron chi connectivity index (χ0n) is 12.4. The largest absolute Gasteiger partial charge is 0.454 e. The smallest absolute Gasteiger partial charge is 0.231 e. The molecule has 22 heavy (non-hydrogen) atoms. The van der Waals surface area contributed by atoms with Gasteiger partial charge in [0, 0.05) is 22.0 Å². The summed E-state index contributed by atoms with van der Waals surface area (Å²) in [6.07, 6.45) is 0. The molecule has 0 unspecified atom stereocenters. The van der Waals surface area contributed by atoms with Crippen molar-refractivity contribution in [2.45, 2.75) is 13.8 Å². The number of rotatable bonds is 1. The van der Waals surface area contributed by atoms with E-state index in [1.807, 2.05) is 44.2 Å². The Hall–Kier alpha value is -2.82. The summed E-state index contributed by atoms with van der Waals surface area (Å²) in [7, 11) is 0. The summed E-state index contributed by atoms with van der Waals surface area (Å²) in [4.78, 5) is 0. The van der Waals surface area contributed by atoms with Crippen molar-refractivity contribution in [1.29, 1.82) is 0 Å². The summed E-state index contributed by atoms with van der Waals surface area (Å²) in [5, 5.41) is 10.6. The standard InChI is InChI=1S/C17H15N3O2/c1-9-3-4-11(5-14(9)18)17-13-7-16-15(21-8-22-16)6-12(13)10(2)19-20-17/h3-7H,8,18H2,1-2H3. The lowest BCUT2D eigenvalue weighted by molar-refractivity contribution is 0.174. The first-order valence-corrected chi connectivity index (χ1v) is 7.06. The van der Waals surface area contributed by atoms with Crippen LogP contribution in [0.1, 0.15) is 11.3 Å². The van der Waals surface area contributed by atoms with Gasteiger partial charge in [0.05, 0.1) is 5.69 Å². The fraction of sp³-hybridized carbons (Fsp3) is 0.176. The molecule has 0 bridgehead atoms. The van der Waals surface area contributed by atoms with E-state index in [0.717, 1.165) is 50.5 Å². The van der Waals surface area contributed by atoms with Crippen molar-refractivity contribution < 1.29 is 9.47 Å². The zero-order valence-corrected chi connectivity index (χ0v) is 12.4. The van der Waals surface area contributed by atoms with Crippen LogP contribution in [0.15, 0.2) is 30.3 Å². The fourth-order valence-corrected chi connectivity index (χ4v) is 2.67. The quantitative estimate of drug-likeness (QED) is 0.697. The average Bonchev–Trinajstić information content (AvgIpc) is 2.96. The molecule has 0 atom stereocenters. The van der Waals surface area contributed by atoms with E-state index in [2.05, 4.69) is 10.2 Å². The van der Waals surface area contributed by atoms with E-state index in [0.29, 0.717) is 0 Å². The lowest BCUT2D eigenvalue weighted by Crippen LogP contribution is -1.96. The molecule has 0 amide bonds. The SMILES string of the molecule is Cc1ccc(-c2nnc(C)c3cc4c(cc23)OCO4)cc1N. The second-order valence-corrected chi connectivity index (χ2v) is 5.46. The number of hydrogen-bond donors (Lipinski definition) is 1. The lowest BCUT2D eigenvalue weighted by atomic mass is 10.0. The molecule has 110 valence electrons. The zero-order chi connectivity index (χ0) is 15.3. The molecule has 0 saturated heterocycles. The molecule has 5 nitrogen and oxygen atoms in total. The van der Waals surface area contributed by atoms with Gasteiger partial charge in [-0.3, -0.25) is 0 Å². The molecule has 3 aromatic rings. The van der Waals surface area contributed by atoms with Crippen molar-refractivity contribution in [2.75, 3.05) is 12.5 Å². The van der Waals surface area contributed by atoms with Crippen molar-refractivity contribution >= 4 is 16.5 Å².